The van der Waals surface area contributed by atoms with E-state index in [9.17, 15) is 4.48 Å². The summed E-state index contributed by atoms with van der Waals surface area (Å²) in [6.45, 7) is 0. The lowest BCUT2D eigenvalue weighted by Crippen LogP contribution is -1.83. The summed E-state index contributed by atoms with van der Waals surface area (Å²) in [6.07, 6.45) is 2.97. The summed E-state index contributed by atoms with van der Waals surface area (Å²) < 4.78 is 11.9. The van der Waals surface area contributed by atoms with Gasteiger partial charge in [0.05, 0.1) is 0 Å². The molecule has 2 heterocycles. The Hall–Kier alpha value is -1.72. The minimum atomic E-state index is 0.0631. The third-order valence-electron chi connectivity index (χ3n) is 1.29. The molecule has 0 saturated carbocycles. The van der Waals surface area contributed by atoms with Crippen LogP contribution in [0.3, 0.4) is 0 Å². The molecule has 2 N–H and O–H groups in total. The number of rotatable bonds is 1. The van der Waals surface area contributed by atoms with Crippen LogP contribution in [0.5, 0.6) is 0 Å². The molecule has 0 aliphatic heterocycles. The van der Waals surface area contributed by atoms with Crippen molar-refractivity contribution in [1.29, 1.82) is 0 Å². The van der Waals surface area contributed by atoms with Gasteiger partial charge in [-0.3, -0.25) is 5.10 Å². The van der Waals surface area contributed by atoms with Gasteiger partial charge in [-0.25, -0.2) is 15.5 Å². The Balaban J connectivity index is 2.76. The van der Waals surface area contributed by atoms with E-state index in [2.05, 4.69) is 20.2 Å². The molecule has 0 saturated heterocycles. The van der Waals surface area contributed by atoms with Crippen molar-refractivity contribution in [2.45, 2.75) is 0 Å². The first-order valence-electron chi connectivity index (χ1n) is 2.93. The van der Waals surface area contributed by atoms with Crippen LogP contribution in [0.4, 0.5) is 10.3 Å². The van der Waals surface area contributed by atoms with E-state index < -0.39 is 0 Å². The minimum Gasteiger partial charge on any atom is -0.257 e. The van der Waals surface area contributed by atoms with Crippen LogP contribution >= 0.6 is 0 Å². The molecule has 0 bridgehead atoms. The monoisotopic (exact) mass is 153 g/mol. The second-order valence-corrected chi connectivity index (χ2v) is 1.92. The smallest absolute Gasteiger partial charge is 0.203 e. The van der Waals surface area contributed by atoms with E-state index in [0.29, 0.717) is 11.2 Å². The van der Waals surface area contributed by atoms with Crippen LogP contribution in [0.15, 0.2) is 12.4 Å². The Kier molecular flexibility index (Phi) is 1.18. The van der Waals surface area contributed by atoms with Gasteiger partial charge in [-0.05, 0) is 0 Å². The van der Waals surface area contributed by atoms with Crippen molar-refractivity contribution in [3.63, 3.8) is 0 Å². The molecule has 2 rings (SSSR count). The topological polar surface area (TPSA) is 66.5 Å². The average Bonchev–Trinajstić information content (AvgIpc) is 2.47. The second-order valence-electron chi connectivity index (χ2n) is 1.92. The Labute approximate surface area is 60.6 Å². The van der Waals surface area contributed by atoms with Crippen molar-refractivity contribution in [3.8, 4) is 0 Å². The van der Waals surface area contributed by atoms with Crippen LogP contribution in [0.2, 0.25) is 0 Å². The van der Waals surface area contributed by atoms with Crippen LogP contribution in [-0.4, -0.2) is 20.2 Å². The van der Waals surface area contributed by atoms with Gasteiger partial charge in [0, 0.05) is 12.4 Å². The van der Waals surface area contributed by atoms with Gasteiger partial charge >= 0.3 is 0 Å². The number of nitrogens with zero attached hydrogens (tertiary/aromatic N) is 3. The van der Waals surface area contributed by atoms with Gasteiger partial charge in [-0.15, -0.1) is 4.48 Å². The SMILES string of the molecule is FNc1n[nH]c2nccnc12. The maximum absolute atomic E-state index is 11.9. The third-order valence-corrected chi connectivity index (χ3v) is 1.29. The summed E-state index contributed by atoms with van der Waals surface area (Å²) in [5.41, 5.74) is 2.27. The van der Waals surface area contributed by atoms with Crippen molar-refractivity contribution in [2.24, 2.45) is 0 Å². The predicted molar refractivity (Wildman–Crippen MR) is 36.4 cm³/mol. The molecule has 56 valence electrons. The molecule has 0 unspecified atom stereocenters. The summed E-state index contributed by atoms with van der Waals surface area (Å²) in [4.78, 5) is 7.72. The number of aromatic nitrogens is 4. The minimum absolute atomic E-state index is 0.0631. The van der Waals surface area contributed by atoms with E-state index in [4.69, 9.17) is 0 Å². The number of fused-ring (bicyclic) bond motifs is 1. The molecule has 11 heavy (non-hydrogen) atoms. The predicted octanol–water partition coefficient (Wildman–Crippen LogP) is 0.649. The van der Waals surface area contributed by atoms with Crippen LogP contribution in [0.25, 0.3) is 11.2 Å². The standard InChI is InChI=1S/C5H4FN5/c6-9-5-3-4(10-11-5)8-2-1-7-3/h1-2H,(H2,8,9,10,11). The van der Waals surface area contributed by atoms with E-state index >= 15 is 0 Å². The van der Waals surface area contributed by atoms with Crippen LogP contribution in [-0.2, 0) is 0 Å². The van der Waals surface area contributed by atoms with Gasteiger partial charge in [0.2, 0.25) is 5.82 Å². The maximum Gasteiger partial charge on any atom is 0.203 e. The molecule has 0 radical (unpaired) electrons. The number of hydrogen-bond acceptors (Lipinski definition) is 4. The van der Waals surface area contributed by atoms with Crippen molar-refractivity contribution in [2.75, 3.05) is 5.54 Å². The summed E-state index contributed by atoms with van der Waals surface area (Å²) in [5, 5.41) is 6.09. The van der Waals surface area contributed by atoms with E-state index in [1.54, 1.807) is 0 Å². The molecule has 0 aromatic carbocycles. The number of halogens is 1. The zero-order valence-corrected chi connectivity index (χ0v) is 5.37. The highest BCUT2D eigenvalue weighted by Gasteiger charge is 2.04. The highest BCUT2D eigenvalue weighted by atomic mass is 19.2. The largest absolute Gasteiger partial charge is 0.257 e. The fourth-order valence-electron chi connectivity index (χ4n) is 0.821. The molecular weight excluding hydrogens is 149 g/mol. The van der Waals surface area contributed by atoms with Gasteiger partial charge in [0.1, 0.15) is 0 Å². The molecule has 2 aromatic heterocycles. The quantitative estimate of drug-likeness (QED) is 0.590. The molecule has 0 spiro atoms. The van der Waals surface area contributed by atoms with Crippen molar-refractivity contribution >= 4 is 17.0 Å². The number of hydrogen-bond donors (Lipinski definition) is 2. The first kappa shape index (κ1) is 6.02. The zero-order chi connectivity index (χ0) is 7.68. The number of anilines is 1. The molecule has 0 atom stereocenters. The van der Waals surface area contributed by atoms with E-state index in [1.165, 1.54) is 17.9 Å². The molecule has 0 amide bonds. The lowest BCUT2D eigenvalue weighted by atomic mass is 10.5. The molecule has 0 aliphatic rings. The van der Waals surface area contributed by atoms with Crippen molar-refractivity contribution in [3.05, 3.63) is 12.4 Å². The van der Waals surface area contributed by atoms with Gasteiger partial charge in [-0.2, -0.15) is 5.10 Å². The van der Waals surface area contributed by atoms with Crippen LogP contribution in [0.1, 0.15) is 0 Å². The fraction of sp³-hybridized carbons (Fsp3) is 0. The Morgan fingerprint density at radius 1 is 1.36 bits per heavy atom. The van der Waals surface area contributed by atoms with E-state index in [-0.39, 0.29) is 5.82 Å². The average molecular weight is 153 g/mol. The van der Waals surface area contributed by atoms with Gasteiger partial charge in [0.25, 0.3) is 0 Å². The van der Waals surface area contributed by atoms with Crippen LogP contribution < -0.4 is 5.54 Å². The van der Waals surface area contributed by atoms with Crippen LogP contribution in [0, 0.1) is 0 Å². The fourth-order valence-corrected chi connectivity index (χ4v) is 0.821. The lowest BCUT2D eigenvalue weighted by Gasteiger charge is -1.86. The highest BCUT2D eigenvalue weighted by Crippen LogP contribution is 2.13. The van der Waals surface area contributed by atoms with E-state index in [1.807, 2.05) is 0 Å². The lowest BCUT2D eigenvalue weighted by molar-refractivity contribution is 0.612. The zero-order valence-electron chi connectivity index (χ0n) is 5.37. The summed E-state index contributed by atoms with van der Waals surface area (Å²) >= 11 is 0. The van der Waals surface area contributed by atoms with Crippen molar-refractivity contribution < 1.29 is 4.48 Å². The normalized spacial score (nSPS) is 10.3. The third kappa shape index (κ3) is 0.794. The molecular formula is C5H4FN5. The Bertz CT molecular complexity index is 370. The number of nitrogens with one attached hydrogen (secondary N) is 2. The molecule has 2 aromatic rings. The molecule has 0 fully saturated rings. The highest BCUT2D eigenvalue weighted by molar-refractivity contribution is 5.81. The summed E-state index contributed by atoms with van der Waals surface area (Å²) in [7, 11) is 0. The Morgan fingerprint density at radius 2 is 2.18 bits per heavy atom. The Morgan fingerprint density at radius 3 is 3.00 bits per heavy atom. The van der Waals surface area contributed by atoms with Gasteiger partial charge in [-0.1, -0.05) is 0 Å². The van der Waals surface area contributed by atoms with Crippen molar-refractivity contribution in [1.82, 2.24) is 20.2 Å². The molecule has 0 aliphatic carbocycles. The molecule has 6 heteroatoms. The number of H-pyrrole nitrogens is 1. The van der Waals surface area contributed by atoms with Gasteiger partial charge < -0.3 is 0 Å². The maximum atomic E-state index is 11.9. The first-order valence-corrected chi connectivity index (χ1v) is 2.93. The number of aromatic amines is 1. The first-order chi connectivity index (χ1) is 5.42. The second kappa shape index (κ2) is 2.15. The summed E-state index contributed by atoms with van der Waals surface area (Å²) in [6, 6.07) is 0. The van der Waals surface area contributed by atoms with E-state index in [0.717, 1.165) is 0 Å². The molecule has 5 nitrogen and oxygen atoms in total. The summed E-state index contributed by atoms with van der Waals surface area (Å²) in [5.74, 6) is 0.0631. The van der Waals surface area contributed by atoms with Gasteiger partial charge in [0.15, 0.2) is 11.2 Å².